The Morgan fingerprint density at radius 3 is 2.41 bits per heavy atom. The number of hydrogen-bond donors (Lipinski definition) is 4. The highest BCUT2D eigenvalue weighted by atomic mass is 35.5. The van der Waals surface area contributed by atoms with Crippen molar-refractivity contribution in [3.8, 4) is 17.1 Å². The van der Waals surface area contributed by atoms with Gasteiger partial charge in [0.2, 0.25) is 0 Å². The van der Waals surface area contributed by atoms with Crippen molar-refractivity contribution in [1.82, 2.24) is 9.97 Å². The van der Waals surface area contributed by atoms with Gasteiger partial charge < -0.3 is 29.8 Å². The molecule has 1 atom stereocenters. The summed E-state index contributed by atoms with van der Waals surface area (Å²) in [5.41, 5.74) is 4.12. The number of aromatic nitrogens is 2. The van der Waals surface area contributed by atoms with E-state index in [0.29, 0.717) is 21.7 Å². The standard InChI is InChI=1S/C17H15ClN2O2.C6H12O2.CH2O/c18-12-7-13-14(8-15(22)19-13)20-16(12)10-1-3-11(4-2-10)17(9-21)5-6-17;7-5-6-3-1-2-4-8-6;1-2/h1-4,7-8,19,21-22H,5-6,9H2;6-7H,1-5H2;1H2/t;6-;/m.0./s1. The van der Waals surface area contributed by atoms with Crippen LogP contribution < -0.4 is 0 Å². The first-order valence-corrected chi connectivity index (χ1v) is 11.0. The molecule has 0 spiro atoms. The molecular formula is C24H29ClN2O5. The average molecular weight is 461 g/mol. The predicted molar refractivity (Wildman–Crippen MR) is 124 cm³/mol. The summed E-state index contributed by atoms with van der Waals surface area (Å²) < 4.78 is 5.18. The zero-order valence-electron chi connectivity index (χ0n) is 17.9. The van der Waals surface area contributed by atoms with Gasteiger partial charge in [0, 0.05) is 23.7 Å². The molecule has 1 aromatic carbocycles. The van der Waals surface area contributed by atoms with Gasteiger partial charge in [-0.25, -0.2) is 4.98 Å². The number of pyridine rings is 1. The molecule has 4 N–H and O–H groups in total. The molecule has 0 bridgehead atoms. The van der Waals surface area contributed by atoms with Gasteiger partial charge in [-0.15, -0.1) is 0 Å². The van der Waals surface area contributed by atoms with Crippen molar-refractivity contribution in [3.05, 3.63) is 47.0 Å². The van der Waals surface area contributed by atoms with Crippen molar-refractivity contribution >= 4 is 29.4 Å². The Bertz CT molecular complexity index is 1010. The van der Waals surface area contributed by atoms with Crippen LogP contribution in [0.2, 0.25) is 5.02 Å². The summed E-state index contributed by atoms with van der Waals surface area (Å²) in [5, 5.41) is 28.1. The molecule has 172 valence electrons. The molecule has 0 unspecified atom stereocenters. The maximum Gasteiger partial charge on any atom is 0.190 e. The first-order chi connectivity index (χ1) is 15.5. The smallest absolute Gasteiger partial charge is 0.190 e. The third kappa shape index (κ3) is 5.48. The Balaban J connectivity index is 0.000000244. The van der Waals surface area contributed by atoms with Gasteiger partial charge in [0.15, 0.2) is 5.88 Å². The lowest BCUT2D eigenvalue weighted by Gasteiger charge is -2.19. The number of ether oxygens (including phenoxy) is 1. The number of aromatic hydroxyl groups is 1. The van der Waals surface area contributed by atoms with Gasteiger partial charge in [0.25, 0.3) is 0 Å². The Morgan fingerprint density at radius 2 is 1.88 bits per heavy atom. The molecule has 5 rings (SSSR count). The number of nitrogens with zero attached hydrogens (tertiary/aromatic N) is 1. The second-order valence-corrected chi connectivity index (χ2v) is 8.50. The highest BCUT2D eigenvalue weighted by molar-refractivity contribution is 6.33. The Morgan fingerprint density at radius 1 is 1.16 bits per heavy atom. The highest BCUT2D eigenvalue weighted by Crippen LogP contribution is 2.48. The highest BCUT2D eigenvalue weighted by Gasteiger charge is 2.43. The molecule has 1 saturated carbocycles. The maximum atomic E-state index is 9.51. The van der Waals surface area contributed by atoms with Crippen LogP contribution in [0.1, 0.15) is 37.7 Å². The van der Waals surface area contributed by atoms with Gasteiger partial charge in [-0.2, -0.15) is 0 Å². The van der Waals surface area contributed by atoms with Crippen LogP contribution in [-0.2, 0) is 14.9 Å². The summed E-state index contributed by atoms with van der Waals surface area (Å²) in [5.74, 6) is 0.0738. The summed E-state index contributed by atoms with van der Waals surface area (Å²) in [4.78, 5) is 15.3. The second kappa shape index (κ2) is 10.9. The van der Waals surface area contributed by atoms with E-state index in [1.807, 2.05) is 31.1 Å². The summed E-state index contributed by atoms with van der Waals surface area (Å²) in [6.07, 6.45) is 5.63. The third-order valence-electron chi connectivity index (χ3n) is 5.95. The molecule has 1 aliphatic carbocycles. The molecule has 2 aromatic heterocycles. The van der Waals surface area contributed by atoms with Crippen LogP contribution in [0.4, 0.5) is 0 Å². The quantitative estimate of drug-likeness (QED) is 0.468. The van der Waals surface area contributed by atoms with E-state index in [2.05, 4.69) is 9.97 Å². The van der Waals surface area contributed by atoms with Crippen LogP contribution in [0.5, 0.6) is 5.88 Å². The van der Waals surface area contributed by atoms with Crippen molar-refractivity contribution in [2.75, 3.05) is 19.8 Å². The number of halogens is 1. The maximum absolute atomic E-state index is 9.51. The molecule has 0 radical (unpaired) electrons. The van der Waals surface area contributed by atoms with E-state index in [-0.39, 0.29) is 30.6 Å². The van der Waals surface area contributed by atoms with Crippen LogP contribution >= 0.6 is 11.6 Å². The molecule has 3 heterocycles. The molecule has 1 saturated heterocycles. The summed E-state index contributed by atoms with van der Waals surface area (Å²) in [7, 11) is 0. The summed E-state index contributed by atoms with van der Waals surface area (Å²) >= 11 is 6.31. The lowest BCUT2D eigenvalue weighted by atomic mass is 9.95. The van der Waals surface area contributed by atoms with E-state index < -0.39 is 0 Å². The Hall–Kier alpha value is -2.45. The number of aliphatic hydroxyl groups is 2. The van der Waals surface area contributed by atoms with E-state index >= 15 is 0 Å². The number of carbonyl (C=O) groups excluding carboxylic acids is 1. The number of H-pyrrole nitrogens is 1. The number of fused-ring (bicyclic) bond motifs is 1. The minimum Gasteiger partial charge on any atom is -0.495 e. The predicted octanol–water partition coefficient (Wildman–Crippen LogP) is 3.98. The average Bonchev–Trinajstić information content (AvgIpc) is 3.56. The number of aliphatic hydroxyl groups excluding tert-OH is 2. The lowest BCUT2D eigenvalue weighted by molar-refractivity contribution is -0.0980. The zero-order valence-corrected chi connectivity index (χ0v) is 18.6. The lowest BCUT2D eigenvalue weighted by Crippen LogP contribution is -2.22. The fraction of sp³-hybridized carbons (Fsp3) is 0.417. The van der Waals surface area contributed by atoms with Crippen molar-refractivity contribution in [2.24, 2.45) is 0 Å². The number of hydrogen-bond acceptors (Lipinski definition) is 6. The Labute approximate surface area is 192 Å². The van der Waals surface area contributed by atoms with Gasteiger partial charge in [-0.05, 0) is 43.7 Å². The van der Waals surface area contributed by atoms with Gasteiger partial charge >= 0.3 is 0 Å². The van der Waals surface area contributed by atoms with E-state index in [1.54, 1.807) is 12.1 Å². The number of aromatic amines is 1. The molecule has 8 heteroatoms. The second-order valence-electron chi connectivity index (χ2n) is 8.09. The van der Waals surface area contributed by atoms with Crippen molar-refractivity contribution in [1.29, 1.82) is 0 Å². The number of nitrogens with one attached hydrogen (secondary N) is 1. The molecule has 3 aromatic rings. The van der Waals surface area contributed by atoms with Gasteiger partial charge in [0.1, 0.15) is 6.79 Å². The van der Waals surface area contributed by atoms with Gasteiger partial charge in [-0.3, -0.25) is 0 Å². The fourth-order valence-corrected chi connectivity index (χ4v) is 4.10. The third-order valence-corrected chi connectivity index (χ3v) is 6.23. The normalized spacial score (nSPS) is 18.8. The first kappa shape index (κ1) is 24.2. The molecule has 2 aliphatic rings. The van der Waals surface area contributed by atoms with E-state index in [0.717, 1.165) is 43.4 Å². The zero-order chi connectivity index (χ0) is 23.1. The molecule has 2 fully saturated rings. The van der Waals surface area contributed by atoms with E-state index in [4.69, 9.17) is 26.2 Å². The summed E-state index contributed by atoms with van der Waals surface area (Å²) in [6.45, 7) is 3.23. The molecule has 0 amide bonds. The fourth-order valence-electron chi connectivity index (χ4n) is 3.84. The van der Waals surface area contributed by atoms with Crippen LogP contribution in [0.25, 0.3) is 22.3 Å². The minimum absolute atomic E-state index is 0.0356. The minimum atomic E-state index is -0.0356. The molecule has 32 heavy (non-hydrogen) atoms. The number of carbonyl (C=O) groups is 1. The van der Waals surface area contributed by atoms with Crippen LogP contribution in [0, 0.1) is 0 Å². The molecule has 1 aliphatic heterocycles. The van der Waals surface area contributed by atoms with Gasteiger partial charge in [-0.1, -0.05) is 35.9 Å². The molecule has 7 nitrogen and oxygen atoms in total. The van der Waals surface area contributed by atoms with Crippen molar-refractivity contribution in [3.63, 3.8) is 0 Å². The largest absolute Gasteiger partial charge is 0.495 e. The van der Waals surface area contributed by atoms with Crippen molar-refractivity contribution < 1.29 is 24.9 Å². The number of rotatable bonds is 4. The topological polar surface area (TPSA) is 116 Å². The van der Waals surface area contributed by atoms with Crippen LogP contribution in [0.3, 0.4) is 0 Å². The number of benzene rings is 1. The van der Waals surface area contributed by atoms with E-state index in [1.165, 1.54) is 6.42 Å². The SMILES string of the molecule is C=O.OCC1(c2ccc(-c3nc4cc(O)[nH]c4cc3Cl)cc2)CC1.OC[C@@H]1CCCCO1. The first-order valence-electron chi connectivity index (χ1n) is 10.7. The molecular weight excluding hydrogens is 432 g/mol. The summed E-state index contributed by atoms with van der Waals surface area (Å²) in [6, 6.07) is 11.4. The van der Waals surface area contributed by atoms with Gasteiger partial charge in [0.05, 0.1) is 41.1 Å². The van der Waals surface area contributed by atoms with Crippen LogP contribution in [0.15, 0.2) is 36.4 Å². The van der Waals surface area contributed by atoms with Crippen molar-refractivity contribution in [2.45, 2.75) is 43.6 Å². The van der Waals surface area contributed by atoms with E-state index in [9.17, 15) is 10.2 Å². The monoisotopic (exact) mass is 460 g/mol. The van der Waals surface area contributed by atoms with Crippen LogP contribution in [-0.4, -0.2) is 58.0 Å². The Kier molecular flexibility index (Phi) is 8.26.